The molecule has 2 aliphatic rings. The number of hydrogen-bond acceptors (Lipinski definition) is 2. The minimum Gasteiger partial charge on any atom is -0.312 e. The second kappa shape index (κ2) is 4.51. The van der Waals surface area contributed by atoms with Crippen LogP contribution in [0.3, 0.4) is 0 Å². The van der Waals surface area contributed by atoms with Crippen LogP contribution in [0, 0.1) is 0 Å². The maximum absolute atomic E-state index is 3.51. The van der Waals surface area contributed by atoms with Crippen LogP contribution < -0.4 is 5.32 Å². The number of nitrogens with zero attached hydrogens (tertiary/aromatic N) is 1. The van der Waals surface area contributed by atoms with E-state index in [9.17, 15) is 0 Å². The van der Waals surface area contributed by atoms with Crippen LogP contribution in [0.15, 0.2) is 0 Å². The van der Waals surface area contributed by atoms with Crippen LogP contribution in [0.1, 0.15) is 12.8 Å². The van der Waals surface area contributed by atoms with E-state index < -0.39 is 0 Å². The van der Waals surface area contributed by atoms with Gasteiger partial charge in [0.25, 0.3) is 0 Å². The first kappa shape index (κ1) is 11.5. The molecule has 4 heteroatoms. The van der Waals surface area contributed by atoms with Crippen LogP contribution in [0.5, 0.6) is 0 Å². The zero-order valence-corrected chi connectivity index (χ0v) is 8.38. The Balaban J connectivity index is 0.000000500. The van der Waals surface area contributed by atoms with E-state index in [0.717, 1.165) is 12.1 Å². The second-order valence-electron chi connectivity index (χ2n) is 3.19. The Hall–Kier alpha value is 0.500. The van der Waals surface area contributed by atoms with Crippen LogP contribution in [0.2, 0.25) is 0 Å². The Morgan fingerprint density at radius 3 is 2.64 bits per heavy atom. The molecule has 2 nitrogen and oxygen atoms in total. The third kappa shape index (κ3) is 2.00. The molecular formula is C7H16Cl2N2. The highest BCUT2D eigenvalue weighted by Gasteiger charge is 2.34. The lowest BCUT2D eigenvalue weighted by molar-refractivity contribution is 0.310. The Morgan fingerprint density at radius 2 is 2.00 bits per heavy atom. The van der Waals surface area contributed by atoms with Gasteiger partial charge in [-0.2, -0.15) is 0 Å². The van der Waals surface area contributed by atoms with Crippen molar-refractivity contribution in [3.05, 3.63) is 0 Å². The van der Waals surface area contributed by atoms with Gasteiger partial charge < -0.3 is 10.2 Å². The molecule has 11 heavy (non-hydrogen) atoms. The summed E-state index contributed by atoms with van der Waals surface area (Å²) in [6.45, 7) is 2.53. The molecule has 2 rings (SSSR count). The first-order valence-electron chi connectivity index (χ1n) is 3.81. The van der Waals surface area contributed by atoms with E-state index >= 15 is 0 Å². The SMILES string of the molecule is CN1CCC2NCCC21.Cl.Cl. The Bertz CT molecular complexity index is 121. The summed E-state index contributed by atoms with van der Waals surface area (Å²) < 4.78 is 0. The van der Waals surface area contributed by atoms with E-state index in [4.69, 9.17) is 0 Å². The van der Waals surface area contributed by atoms with Crippen LogP contribution in [0.25, 0.3) is 0 Å². The number of hydrogen-bond donors (Lipinski definition) is 1. The maximum Gasteiger partial charge on any atom is 0.0258 e. The predicted octanol–water partition coefficient (Wildman–Crippen LogP) is 0.896. The summed E-state index contributed by atoms with van der Waals surface area (Å²) in [6.07, 6.45) is 2.72. The summed E-state index contributed by atoms with van der Waals surface area (Å²) >= 11 is 0. The molecule has 0 spiro atoms. The fourth-order valence-corrected chi connectivity index (χ4v) is 2.08. The predicted molar refractivity (Wildman–Crippen MR) is 51.9 cm³/mol. The molecule has 0 aliphatic carbocycles. The molecule has 1 N–H and O–H groups in total. The first-order valence-corrected chi connectivity index (χ1v) is 3.81. The molecule has 0 bridgehead atoms. The Morgan fingerprint density at radius 1 is 1.27 bits per heavy atom. The fraction of sp³-hybridized carbons (Fsp3) is 1.00. The smallest absolute Gasteiger partial charge is 0.0258 e. The van der Waals surface area contributed by atoms with Gasteiger partial charge in [-0.25, -0.2) is 0 Å². The van der Waals surface area contributed by atoms with Crippen LogP contribution in [-0.2, 0) is 0 Å². The summed E-state index contributed by atoms with van der Waals surface area (Å²) in [5, 5.41) is 3.51. The zero-order chi connectivity index (χ0) is 6.27. The number of likely N-dealkylation sites (N-methyl/N-ethyl adjacent to an activating group) is 1. The molecule has 2 aliphatic heterocycles. The van der Waals surface area contributed by atoms with Crippen molar-refractivity contribution in [2.24, 2.45) is 0 Å². The van der Waals surface area contributed by atoms with Gasteiger partial charge in [-0.05, 0) is 33.0 Å². The first-order chi connectivity index (χ1) is 4.38. The van der Waals surface area contributed by atoms with Crippen molar-refractivity contribution in [2.75, 3.05) is 20.1 Å². The maximum atomic E-state index is 3.51. The van der Waals surface area contributed by atoms with Crippen molar-refractivity contribution in [3.63, 3.8) is 0 Å². The monoisotopic (exact) mass is 198 g/mol. The van der Waals surface area contributed by atoms with E-state index in [-0.39, 0.29) is 24.8 Å². The number of halogens is 2. The Labute approximate surface area is 80.5 Å². The van der Waals surface area contributed by atoms with Crippen molar-refractivity contribution in [2.45, 2.75) is 24.9 Å². The molecule has 2 unspecified atom stereocenters. The highest BCUT2D eigenvalue weighted by molar-refractivity contribution is 5.85. The average Bonchev–Trinajstić information content (AvgIpc) is 2.35. The molecule has 2 fully saturated rings. The van der Waals surface area contributed by atoms with Gasteiger partial charge in [0.2, 0.25) is 0 Å². The van der Waals surface area contributed by atoms with Gasteiger partial charge in [-0.15, -0.1) is 24.8 Å². The van der Waals surface area contributed by atoms with Crippen molar-refractivity contribution in [3.8, 4) is 0 Å². The largest absolute Gasteiger partial charge is 0.312 e. The van der Waals surface area contributed by atoms with Crippen molar-refractivity contribution < 1.29 is 0 Å². The minimum atomic E-state index is 0. The lowest BCUT2D eigenvalue weighted by Gasteiger charge is -2.16. The quantitative estimate of drug-likeness (QED) is 0.623. The minimum absolute atomic E-state index is 0. The molecule has 0 aromatic carbocycles. The molecule has 68 valence electrons. The number of fused-ring (bicyclic) bond motifs is 1. The van der Waals surface area contributed by atoms with Gasteiger partial charge in [-0.1, -0.05) is 0 Å². The molecule has 0 amide bonds. The zero-order valence-electron chi connectivity index (χ0n) is 6.75. The van der Waals surface area contributed by atoms with Gasteiger partial charge in [0, 0.05) is 12.1 Å². The summed E-state index contributed by atoms with van der Waals surface area (Å²) in [5.74, 6) is 0. The van der Waals surface area contributed by atoms with E-state index in [1.807, 2.05) is 0 Å². The summed E-state index contributed by atoms with van der Waals surface area (Å²) in [6, 6.07) is 1.69. The third-order valence-corrected chi connectivity index (χ3v) is 2.67. The second-order valence-corrected chi connectivity index (χ2v) is 3.19. The van der Waals surface area contributed by atoms with Crippen LogP contribution in [-0.4, -0.2) is 37.1 Å². The molecule has 0 aromatic heterocycles. The number of nitrogens with one attached hydrogen (secondary N) is 1. The standard InChI is InChI=1S/C7H14N2.2ClH/c1-9-5-3-6-7(9)2-4-8-6;;/h6-8H,2-5H2,1H3;2*1H. The van der Waals surface area contributed by atoms with Crippen LogP contribution >= 0.6 is 24.8 Å². The van der Waals surface area contributed by atoms with E-state index in [1.54, 1.807) is 0 Å². The molecule has 0 aromatic rings. The van der Waals surface area contributed by atoms with Gasteiger partial charge in [0.05, 0.1) is 0 Å². The highest BCUT2D eigenvalue weighted by Crippen LogP contribution is 2.22. The Kier molecular flexibility index (Phi) is 4.71. The molecule has 2 atom stereocenters. The van der Waals surface area contributed by atoms with Crippen molar-refractivity contribution in [1.29, 1.82) is 0 Å². The van der Waals surface area contributed by atoms with Gasteiger partial charge >= 0.3 is 0 Å². The molecular weight excluding hydrogens is 183 g/mol. The number of rotatable bonds is 0. The lowest BCUT2D eigenvalue weighted by Crippen LogP contribution is -2.31. The number of likely N-dealkylation sites (tertiary alicyclic amines) is 1. The van der Waals surface area contributed by atoms with Gasteiger partial charge in [0.1, 0.15) is 0 Å². The average molecular weight is 199 g/mol. The van der Waals surface area contributed by atoms with E-state index in [1.165, 1.54) is 25.9 Å². The third-order valence-electron chi connectivity index (χ3n) is 2.67. The molecule has 2 heterocycles. The van der Waals surface area contributed by atoms with E-state index in [0.29, 0.717) is 0 Å². The summed E-state index contributed by atoms with van der Waals surface area (Å²) in [5.41, 5.74) is 0. The van der Waals surface area contributed by atoms with Crippen molar-refractivity contribution >= 4 is 24.8 Å². The topological polar surface area (TPSA) is 15.3 Å². The van der Waals surface area contributed by atoms with Gasteiger partial charge in [-0.3, -0.25) is 0 Å². The summed E-state index contributed by atoms with van der Waals surface area (Å²) in [7, 11) is 2.23. The highest BCUT2D eigenvalue weighted by atomic mass is 35.5. The lowest BCUT2D eigenvalue weighted by atomic mass is 10.1. The summed E-state index contributed by atoms with van der Waals surface area (Å²) in [4.78, 5) is 2.48. The fourth-order valence-electron chi connectivity index (χ4n) is 2.08. The molecule has 2 saturated heterocycles. The normalized spacial score (nSPS) is 35.7. The van der Waals surface area contributed by atoms with Gasteiger partial charge in [0.15, 0.2) is 0 Å². The molecule has 0 radical (unpaired) electrons. The molecule has 0 saturated carbocycles. The van der Waals surface area contributed by atoms with Crippen molar-refractivity contribution in [1.82, 2.24) is 10.2 Å². The van der Waals surface area contributed by atoms with E-state index in [2.05, 4.69) is 17.3 Å². The van der Waals surface area contributed by atoms with Crippen LogP contribution in [0.4, 0.5) is 0 Å².